The Bertz CT molecular complexity index is 823. The van der Waals surface area contributed by atoms with Crippen molar-refractivity contribution in [3.63, 3.8) is 0 Å². The molecule has 138 valence electrons. The molecule has 0 aliphatic rings. The Kier molecular flexibility index (Phi) is 6.31. The summed E-state index contributed by atoms with van der Waals surface area (Å²) in [7, 11) is 0. The minimum absolute atomic E-state index is 0.0347. The number of aromatic carboxylic acids is 2. The van der Waals surface area contributed by atoms with Gasteiger partial charge >= 0.3 is 18.0 Å². The molecule has 0 bridgehead atoms. The molecule has 0 heterocycles. The molecule has 2 rings (SSSR count). The highest BCUT2D eigenvalue weighted by Gasteiger charge is 2.30. The fourth-order valence-electron chi connectivity index (χ4n) is 2.34. The van der Waals surface area contributed by atoms with Crippen LogP contribution in [0.25, 0.3) is 0 Å². The Morgan fingerprint density at radius 2 is 1.81 bits per heavy atom. The number of alkyl halides is 3. The zero-order valence-corrected chi connectivity index (χ0v) is 15.0. The molecule has 0 unspecified atom stereocenters. The molecule has 0 atom stereocenters. The van der Waals surface area contributed by atoms with Gasteiger partial charge in [0, 0.05) is 5.33 Å². The van der Waals surface area contributed by atoms with Crippen LogP contribution in [0, 0.1) is 0 Å². The summed E-state index contributed by atoms with van der Waals surface area (Å²) in [5.74, 6) is -2.53. The molecule has 0 saturated heterocycles. The van der Waals surface area contributed by atoms with Gasteiger partial charge in [0.15, 0.2) is 0 Å². The van der Waals surface area contributed by atoms with Crippen LogP contribution in [0.1, 0.15) is 38.3 Å². The van der Waals surface area contributed by atoms with Crippen LogP contribution in [0.15, 0.2) is 42.5 Å². The normalized spacial score (nSPS) is 11.2. The molecular weight excluding hydrogens is 414 g/mol. The SMILES string of the molecule is O=C(O)c1ccc(Cc2cccc(OC(F)(F)CCBr)c2)c(C(=O)O)c1. The molecular formula is C18H15BrF2O5. The summed E-state index contributed by atoms with van der Waals surface area (Å²) in [5, 5.41) is 18.4. The van der Waals surface area contributed by atoms with Crippen LogP contribution < -0.4 is 4.74 Å². The molecule has 2 aromatic rings. The lowest BCUT2D eigenvalue weighted by Crippen LogP contribution is -2.25. The van der Waals surface area contributed by atoms with Crippen molar-refractivity contribution < 1.29 is 33.3 Å². The predicted molar refractivity (Wildman–Crippen MR) is 93.6 cm³/mol. The summed E-state index contributed by atoms with van der Waals surface area (Å²) in [6.45, 7) is 0. The van der Waals surface area contributed by atoms with Crippen LogP contribution in [0.3, 0.4) is 0 Å². The van der Waals surface area contributed by atoms with Crippen molar-refractivity contribution >= 4 is 27.9 Å². The number of benzene rings is 2. The summed E-state index contributed by atoms with van der Waals surface area (Å²) in [6.07, 6.45) is -3.68. The fourth-order valence-corrected chi connectivity index (χ4v) is 2.80. The minimum Gasteiger partial charge on any atom is -0.478 e. The van der Waals surface area contributed by atoms with E-state index in [-0.39, 0.29) is 28.6 Å². The van der Waals surface area contributed by atoms with Gasteiger partial charge < -0.3 is 14.9 Å². The van der Waals surface area contributed by atoms with Gasteiger partial charge in [-0.15, -0.1) is 0 Å². The molecule has 0 saturated carbocycles. The van der Waals surface area contributed by atoms with Crippen molar-refractivity contribution in [3.05, 3.63) is 64.7 Å². The summed E-state index contributed by atoms with van der Waals surface area (Å²) in [4.78, 5) is 22.4. The Morgan fingerprint density at radius 1 is 1.08 bits per heavy atom. The lowest BCUT2D eigenvalue weighted by Gasteiger charge is -2.17. The molecule has 0 fully saturated rings. The van der Waals surface area contributed by atoms with Crippen LogP contribution in [-0.2, 0) is 6.42 Å². The van der Waals surface area contributed by atoms with E-state index >= 15 is 0 Å². The molecule has 0 spiro atoms. The third kappa shape index (κ3) is 5.26. The second-order valence-electron chi connectivity index (χ2n) is 5.48. The van der Waals surface area contributed by atoms with Gasteiger partial charge in [-0.1, -0.05) is 34.1 Å². The number of hydrogen-bond donors (Lipinski definition) is 2. The quantitative estimate of drug-likeness (QED) is 0.607. The molecule has 2 aromatic carbocycles. The van der Waals surface area contributed by atoms with Crippen LogP contribution in [0.2, 0.25) is 0 Å². The number of halogens is 3. The van der Waals surface area contributed by atoms with E-state index in [2.05, 4.69) is 15.9 Å². The first-order valence-corrected chi connectivity index (χ1v) is 8.65. The first kappa shape index (κ1) is 19.8. The van der Waals surface area contributed by atoms with E-state index in [4.69, 9.17) is 9.84 Å². The summed E-state index contributed by atoms with van der Waals surface area (Å²) in [5.41, 5.74) is 0.632. The Hall–Kier alpha value is -2.48. The summed E-state index contributed by atoms with van der Waals surface area (Å²) in [6, 6.07) is 9.74. The molecule has 26 heavy (non-hydrogen) atoms. The standard InChI is InChI=1S/C18H15BrF2O5/c19-7-6-18(20,21)26-14-3-1-2-11(9-14)8-12-4-5-13(16(22)23)10-15(12)17(24)25/h1-5,9-10H,6-8H2,(H,22,23)(H,24,25). The molecule has 0 aliphatic heterocycles. The third-order valence-electron chi connectivity index (χ3n) is 3.53. The zero-order valence-electron chi connectivity index (χ0n) is 13.4. The van der Waals surface area contributed by atoms with Gasteiger partial charge in [0.25, 0.3) is 0 Å². The van der Waals surface area contributed by atoms with Gasteiger partial charge in [-0.25, -0.2) is 9.59 Å². The Morgan fingerprint density at radius 3 is 2.42 bits per heavy atom. The molecule has 0 aliphatic carbocycles. The van der Waals surface area contributed by atoms with Crippen molar-refractivity contribution in [2.45, 2.75) is 19.0 Å². The third-order valence-corrected chi connectivity index (χ3v) is 3.93. The maximum Gasteiger partial charge on any atom is 0.398 e. The van der Waals surface area contributed by atoms with Crippen LogP contribution in [0.4, 0.5) is 8.78 Å². The van der Waals surface area contributed by atoms with Gasteiger partial charge in [0.1, 0.15) is 5.75 Å². The maximum atomic E-state index is 13.6. The van der Waals surface area contributed by atoms with E-state index in [1.807, 2.05) is 0 Å². The molecule has 8 heteroatoms. The lowest BCUT2D eigenvalue weighted by molar-refractivity contribution is -0.176. The highest BCUT2D eigenvalue weighted by molar-refractivity contribution is 9.09. The molecule has 0 aromatic heterocycles. The monoisotopic (exact) mass is 428 g/mol. The van der Waals surface area contributed by atoms with E-state index in [1.165, 1.54) is 30.3 Å². The number of carboxylic acids is 2. The van der Waals surface area contributed by atoms with Crippen molar-refractivity contribution in [1.29, 1.82) is 0 Å². The van der Waals surface area contributed by atoms with Crippen molar-refractivity contribution in [2.24, 2.45) is 0 Å². The van der Waals surface area contributed by atoms with Crippen LogP contribution in [0.5, 0.6) is 5.75 Å². The van der Waals surface area contributed by atoms with Crippen molar-refractivity contribution in [3.8, 4) is 5.75 Å². The molecule has 0 amide bonds. The van der Waals surface area contributed by atoms with Crippen molar-refractivity contribution in [2.75, 3.05) is 5.33 Å². The number of carbonyl (C=O) groups is 2. The minimum atomic E-state index is -3.32. The first-order valence-electron chi connectivity index (χ1n) is 7.53. The number of carboxylic acid groups (broad SMARTS) is 2. The van der Waals surface area contributed by atoms with E-state index in [0.29, 0.717) is 11.1 Å². The van der Waals surface area contributed by atoms with Crippen LogP contribution in [-0.4, -0.2) is 33.6 Å². The number of hydrogen-bond acceptors (Lipinski definition) is 3. The second-order valence-corrected chi connectivity index (χ2v) is 6.28. The molecule has 2 N–H and O–H groups in total. The molecule has 5 nitrogen and oxygen atoms in total. The predicted octanol–water partition coefficient (Wildman–Crippen LogP) is 4.43. The van der Waals surface area contributed by atoms with Gasteiger partial charge in [-0.2, -0.15) is 8.78 Å². The van der Waals surface area contributed by atoms with Gasteiger partial charge in [0.05, 0.1) is 17.5 Å². The topological polar surface area (TPSA) is 83.8 Å². The summed E-state index contributed by atoms with van der Waals surface area (Å²) < 4.78 is 31.8. The van der Waals surface area contributed by atoms with Crippen LogP contribution >= 0.6 is 15.9 Å². The Labute approximate surface area is 156 Å². The lowest BCUT2D eigenvalue weighted by atomic mass is 9.97. The highest BCUT2D eigenvalue weighted by Crippen LogP contribution is 2.27. The van der Waals surface area contributed by atoms with E-state index in [9.17, 15) is 23.5 Å². The number of rotatable bonds is 8. The average Bonchev–Trinajstić information content (AvgIpc) is 2.54. The zero-order chi connectivity index (χ0) is 19.3. The summed E-state index contributed by atoms with van der Waals surface area (Å²) >= 11 is 2.94. The maximum absolute atomic E-state index is 13.6. The largest absolute Gasteiger partial charge is 0.478 e. The fraction of sp³-hybridized carbons (Fsp3) is 0.222. The Balaban J connectivity index is 2.27. The smallest absolute Gasteiger partial charge is 0.398 e. The van der Waals surface area contributed by atoms with Gasteiger partial charge in [0.2, 0.25) is 0 Å². The average molecular weight is 429 g/mol. The van der Waals surface area contributed by atoms with E-state index < -0.39 is 24.5 Å². The number of ether oxygens (including phenoxy) is 1. The van der Waals surface area contributed by atoms with E-state index in [0.717, 1.165) is 6.07 Å². The first-order chi connectivity index (χ1) is 12.2. The van der Waals surface area contributed by atoms with E-state index in [1.54, 1.807) is 6.07 Å². The van der Waals surface area contributed by atoms with Gasteiger partial charge in [-0.05, 0) is 41.8 Å². The van der Waals surface area contributed by atoms with Crippen molar-refractivity contribution in [1.82, 2.24) is 0 Å². The molecule has 0 radical (unpaired) electrons. The second kappa shape index (κ2) is 8.27. The highest BCUT2D eigenvalue weighted by atomic mass is 79.9. The van der Waals surface area contributed by atoms with Gasteiger partial charge in [-0.3, -0.25) is 0 Å².